The Morgan fingerprint density at radius 3 is 2.70 bits per heavy atom. The van der Waals surface area contributed by atoms with Crippen LogP contribution in [-0.4, -0.2) is 23.0 Å². The summed E-state index contributed by atoms with van der Waals surface area (Å²) in [6.45, 7) is 2.66. The van der Waals surface area contributed by atoms with Crippen LogP contribution in [0.25, 0.3) is 16.9 Å². The Hall–Kier alpha value is -2.49. The average molecular weight is 267 g/mol. The molecule has 102 valence electrons. The van der Waals surface area contributed by atoms with E-state index in [9.17, 15) is 0 Å². The number of ether oxygens (including phenoxy) is 1. The first-order chi connectivity index (χ1) is 9.80. The molecule has 3 aromatic rings. The number of benzene rings is 1. The van der Waals surface area contributed by atoms with Crippen molar-refractivity contribution in [2.24, 2.45) is 0 Å². The quantitative estimate of drug-likeness (QED) is 0.787. The lowest BCUT2D eigenvalue weighted by molar-refractivity contribution is 0.340. The second kappa shape index (κ2) is 5.25. The fourth-order valence-electron chi connectivity index (χ4n) is 2.17. The minimum Gasteiger partial charge on any atom is -0.494 e. The molecule has 0 spiro atoms. The summed E-state index contributed by atoms with van der Waals surface area (Å²) < 4.78 is 7.47. The topological polar surface area (TPSA) is 38.6 Å². The molecular formula is C16H17N3O. The maximum Gasteiger partial charge on any atom is 0.139 e. The van der Waals surface area contributed by atoms with Crippen molar-refractivity contribution in [1.29, 1.82) is 0 Å². The van der Waals surface area contributed by atoms with E-state index >= 15 is 0 Å². The number of nitrogens with one attached hydrogen (secondary N) is 1. The van der Waals surface area contributed by atoms with Crippen molar-refractivity contribution in [3.63, 3.8) is 0 Å². The molecule has 4 nitrogen and oxygen atoms in total. The first-order valence-corrected chi connectivity index (χ1v) is 6.70. The number of aromatic nitrogens is 2. The number of fused-ring (bicyclic) bond motifs is 1. The van der Waals surface area contributed by atoms with Crippen LogP contribution in [0.2, 0.25) is 0 Å². The third-order valence-electron chi connectivity index (χ3n) is 3.21. The Morgan fingerprint density at radius 1 is 1.20 bits per heavy atom. The van der Waals surface area contributed by atoms with Gasteiger partial charge in [0.15, 0.2) is 0 Å². The lowest BCUT2D eigenvalue weighted by atomic mass is 10.2. The van der Waals surface area contributed by atoms with Crippen LogP contribution in [0.1, 0.15) is 6.92 Å². The molecule has 0 bridgehead atoms. The van der Waals surface area contributed by atoms with Crippen LogP contribution >= 0.6 is 0 Å². The number of nitrogens with zero attached hydrogens (tertiary/aromatic N) is 2. The summed E-state index contributed by atoms with van der Waals surface area (Å²) >= 11 is 0. The molecule has 1 N–H and O–H groups in total. The van der Waals surface area contributed by atoms with Gasteiger partial charge in [-0.25, -0.2) is 4.98 Å². The summed E-state index contributed by atoms with van der Waals surface area (Å²) in [4.78, 5) is 4.65. The molecule has 2 aromatic heterocycles. The molecular weight excluding hydrogens is 250 g/mol. The molecule has 0 aliphatic heterocycles. The summed E-state index contributed by atoms with van der Waals surface area (Å²) in [7, 11) is 1.90. The van der Waals surface area contributed by atoms with Crippen LogP contribution < -0.4 is 10.1 Å². The van der Waals surface area contributed by atoms with E-state index in [1.165, 1.54) is 0 Å². The zero-order valence-electron chi connectivity index (χ0n) is 11.6. The van der Waals surface area contributed by atoms with Crippen molar-refractivity contribution in [3.05, 3.63) is 48.8 Å². The second-order valence-corrected chi connectivity index (χ2v) is 4.51. The van der Waals surface area contributed by atoms with Gasteiger partial charge in [0.2, 0.25) is 0 Å². The highest BCUT2D eigenvalue weighted by Crippen LogP contribution is 2.23. The molecule has 4 heteroatoms. The van der Waals surface area contributed by atoms with Gasteiger partial charge >= 0.3 is 0 Å². The van der Waals surface area contributed by atoms with Crippen LogP contribution in [0.4, 0.5) is 5.69 Å². The van der Waals surface area contributed by atoms with Gasteiger partial charge in [-0.1, -0.05) is 0 Å². The van der Waals surface area contributed by atoms with Gasteiger partial charge in [-0.15, -0.1) is 0 Å². The van der Waals surface area contributed by atoms with Gasteiger partial charge in [0.1, 0.15) is 11.4 Å². The van der Waals surface area contributed by atoms with Gasteiger partial charge in [-0.3, -0.25) is 0 Å². The Kier molecular flexibility index (Phi) is 3.29. The highest BCUT2D eigenvalue weighted by Gasteiger charge is 2.05. The number of imidazole rings is 1. The van der Waals surface area contributed by atoms with Gasteiger partial charge in [0.05, 0.1) is 12.3 Å². The van der Waals surface area contributed by atoms with Crippen LogP contribution in [0.5, 0.6) is 5.75 Å². The highest BCUT2D eigenvalue weighted by molar-refractivity contribution is 5.65. The molecule has 20 heavy (non-hydrogen) atoms. The molecule has 0 saturated carbocycles. The second-order valence-electron chi connectivity index (χ2n) is 4.51. The molecule has 3 rings (SSSR count). The van der Waals surface area contributed by atoms with E-state index in [2.05, 4.69) is 10.3 Å². The van der Waals surface area contributed by atoms with E-state index in [0.717, 1.165) is 28.3 Å². The SMILES string of the molecule is CCOc1ccc(-c2cn3ccc(NC)cc3n2)cc1. The maximum absolute atomic E-state index is 5.45. The Balaban J connectivity index is 1.96. The predicted octanol–water partition coefficient (Wildman–Crippen LogP) is 3.44. The Bertz CT molecular complexity index is 716. The summed E-state index contributed by atoms with van der Waals surface area (Å²) in [6.07, 6.45) is 4.04. The lowest BCUT2D eigenvalue weighted by Gasteiger charge is -2.02. The fraction of sp³-hybridized carbons (Fsp3) is 0.188. The standard InChI is InChI=1S/C16H17N3O/c1-3-20-14-6-4-12(5-7-14)15-11-19-9-8-13(17-2)10-16(19)18-15/h4-11,17H,3H2,1-2H3. The van der Waals surface area contributed by atoms with Crippen LogP contribution in [0, 0.1) is 0 Å². The molecule has 0 aliphatic carbocycles. The summed E-state index contributed by atoms with van der Waals surface area (Å²) in [5.74, 6) is 0.887. The smallest absolute Gasteiger partial charge is 0.139 e. The average Bonchev–Trinajstić information content (AvgIpc) is 2.91. The van der Waals surface area contributed by atoms with Crippen LogP contribution in [0.3, 0.4) is 0 Å². The molecule has 0 unspecified atom stereocenters. The minimum absolute atomic E-state index is 0.681. The Labute approximate surface area is 118 Å². The molecule has 1 aromatic carbocycles. The first-order valence-electron chi connectivity index (χ1n) is 6.70. The summed E-state index contributed by atoms with van der Waals surface area (Å²) in [5.41, 5.74) is 4.03. The molecule has 0 atom stereocenters. The Morgan fingerprint density at radius 2 is 2.00 bits per heavy atom. The molecule has 0 radical (unpaired) electrons. The molecule has 0 saturated heterocycles. The third kappa shape index (κ3) is 2.32. The van der Waals surface area contributed by atoms with Crippen molar-refractivity contribution in [1.82, 2.24) is 9.38 Å². The zero-order chi connectivity index (χ0) is 13.9. The van der Waals surface area contributed by atoms with E-state index in [0.29, 0.717) is 6.61 Å². The lowest BCUT2D eigenvalue weighted by Crippen LogP contribution is -1.90. The number of hydrogen-bond donors (Lipinski definition) is 1. The maximum atomic E-state index is 5.45. The van der Waals surface area contributed by atoms with Crippen molar-refractivity contribution >= 4 is 11.3 Å². The number of pyridine rings is 1. The van der Waals surface area contributed by atoms with Crippen LogP contribution in [-0.2, 0) is 0 Å². The normalized spacial score (nSPS) is 10.7. The summed E-state index contributed by atoms with van der Waals surface area (Å²) in [5, 5.41) is 3.12. The van der Waals surface area contributed by atoms with E-state index in [-0.39, 0.29) is 0 Å². The van der Waals surface area contributed by atoms with Crippen LogP contribution in [0.15, 0.2) is 48.8 Å². The van der Waals surface area contributed by atoms with Crippen molar-refractivity contribution in [3.8, 4) is 17.0 Å². The highest BCUT2D eigenvalue weighted by atomic mass is 16.5. The van der Waals surface area contributed by atoms with E-state index in [1.807, 2.05) is 67.2 Å². The zero-order valence-corrected chi connectivity index (χ0v) is 11.6. The van der Waals surface area contributed by atoms with Gasteiger partial charge in [0.25, 0.3) is 0 Å². The largest absolute Gasteiger partial charge is 0.494 e. The number of rotatable bonds is 4. The molecule has 0 fully saturated rings. The van der Waals surface area contributed by atoms with E-state index in [1.54, 1.807) is 0 Å². The van der Waals surface area contributed by atoms with Crippen molar-refractivity contribution in [2.45, 2.75) is 6.92 Å². The van der Waals surface area contributed by atoms with Crippen molar-refractivity contribution in [2.75, 3.05) is 19.0 Å². The minimum atomic E-state index is 0.681. The van der Waals surface area contributed by atoms with Gasteiger partial charge < -0.3 is 14.5 Å². The number of anilines is 1. The molecule has 2 heterocycles. The predicted molar refractivity (Wildman–Crippen MR) is 81.3 cm³/mol. The third-order valence-corrected chi connectivity index (χ3v) is 3.21. The van der Waals surface area contributed by atoms with Gasteiger partial charge in [-0.2, -0.15) is 0 Å². The number of hydrogen-bond acceptors (Lipinski definition) is 3. The van der Waals surface area contributed by atoms with Gasteiger partial charge in [0, 0.05) is 36.8 Å². The van der Waals surface area contributed by atoms with Gasteiger partial charge in [-0.05, 0) is 37.3 Å². The molecule has 0 amide bonds. The monoisotopic (exact) mass is 267 g/mol. The first kappa shape index (κ1) is 12.5. The van der Waals surface area contributed by atoms with E-state index in [4.69, 9.17) is 4.74 Å². The van der Waals surface area contributed by atoms with E-state index < -0.39 is 0 Å². The fourth-order valence-corrected chi connectivity index (χ4v) is 2.17. The molecule has 0 aliphatic rings. The van der Waals surface area contributed by atoms with Crippen molar-refractivity contribution < 1.29 is 4.74 Å². The summed E-state index contributed by atoms with van der Waals surface area (Å²) in [6, 6.07) is 12.1.